The van der Waals surface area contributed by atoms with Crippen molar-refractivity contribution in [3.05, 3.63) is 75.2 Å². The fraction of sp³-hybridized carbons (Fsp3) is 0.462. The van der Waals surface area contributed by atoms with Crippen molar-refractivity contribution < 1.29 is 4.42 Å². The minimum absolute atomic E-state index is 0.0801. The van der Waals surface area contributed by atoms with Gasteiger partial charge in [-0.1, -0.05) is 13.8 Å². The van der Waals surface area contributed by atoms with Gasteiger partial charge in [0.2, 0.25) is 0 Å². The van der Waals surface area contributed by atoms with Gasteiger partial charge in [0.1, 0.15) is 5.76 Å². The minimum Gasteiger partial charge on any atom is -0.468 e. The van der Waals surface area contributed by atoms with E-state index in [2.05, 4.69) is 73.0 Å². The molecule has 0 amide bonds. The maximum Gasteiger partial charge on any atom is 0.252 e. The molecule has 0 aliphatic heterocycles. The standard InChI is InChI=1S/C26H34N6O2/c1-7-23(24-28-29-30-32(24)26(5,6)8-2)31(16-21-10-9-11-34-21)15-20-14-19-12-17(3)18(4)13-22(19)27-25(20)33/h9-14,23H,7-8,15-16H2,1-6H3,(H,27,33)/t23-/m0/s1. The van der Waals surface area contributed by atoms with Crippen LogP contribution in [0.3, 0.4) is 0 Å². The lowest BCUT2D eigenvalue weighted by Crippen LogP contribution is -2.36. The summed E-state index contributed by atoms with van der Waals surface area (Å²) in [5.74, 6) is 1.63. The Morgan fingerprint density at radius 3 is 2.59 bits per heavy atom. The normalized spacial score (nSPS) is 13.1. The number of rotatable bonds is 9. The molecule has 0 bridgehead atoms. The van der Waals surface area contributed by atoms with Crippen LogP contribution in [0, 0.1) is 13.8 Å². The zero-order chi connectivity index (χ0) is 24.5. The van der Waals surface area contributed by atoms with Crippen molar-refractivity contribution in [3.8, 4) is 0 Å². The highest BCUT2D eigenvalue weighted by Crippen LogP contribution is 2.30. The second-order valence-corrected chi connectivity index (χ2v) is 9.67. The molecule has 4 aromatic rings. The molecule has 0 aliphatic rings. The molecule has 1 atom stereocenters. The average molecular weight is 463 g/mol. The third-order valence-corrected chi connectivity index (χ3v) is 6.91. The van der Waals surface area contributed by atoms with Crippen LogP contribution < -0.4 is 5.56 Å². The first-order valence-corrected chi connectivity index (χ1v) is 11.9. The molecule has 0 saturated heterocycles. The number of nitrogens with zero attached hydrogens (tertiary/aromatic N) is 5. The van der Waals surface area contributed by atoms with Gasteiger partial charge in [0.05, 0.1) is 24.4 Å². The molecule has 1 N–H and O–H groups in total. The third kappa shape index (κ3) is 4.68. The maximum absolute atomic E-state index is 13.1. The summed E-state index contributed by atoms with van der Waals surface area (Å²) >= 11 is 0. The molecule has 0 unspecified atom stereocenters. The van der Waals surface area contributed by atoms with E-state index in [1.54, 1.807) is 6.26 Å². The fourth-order valence-electron chi connectivity index (χ4n) is 4.32. The van der Waals surface area contributed by atoms with E-state index < -0.39 is 0 Å². The Morgan fingerprint density at radius 2 is 1.91 bits per heavy atom. The molecule has 8 nitrogen and oxygen atoms in total. The van der Waals surface area contributed by atoms with Crippen LogP contribution in [0.2, 0.25) is 0 Å². The van der Waals surface area contributed by atoms with Crippen molar-refractivity contribution in [3.63, 3.8) is 0 Å². The summed E-state index contributed by atoms with van der Waals surface area (Å²) < 4.78 is 7.60. The van der Waals surface area contributed by atoms with E-state index in [4.69, 9.17) is 4.42 Å². The first-order chi connectivity index (χ1) is 16.2. The van der Waals surface area contributed by atoms with Crippen LogP contribution in [0.4, 0.5) is 0 Å². The molecule has 0 spiro atoms. The van der Waals surface area contributed by atoms with Crippen LogP contribution in [0.25, 0.3) is 10.9 Å². The predicted octanol–water partition coefficient (Wildman–Crippen LogP) is 5.02. The Bertz CT molecular complexity index is 1320. The summed E-state index contributed by atoms with van der Waals surface area (Å²) in [7, 11) is 0. The van der Waals surface area contributed by atoms with Gasteiger partial charge < -0.3 is 9.40 Å². The van der Waals surface area contributed by atoms with Gasteiger partial charge in [-0.3, -0.25) is 9.69 Å². The Balaban J connectivity index is 1.77. The number of hydrogen-bond acceptors (Lipinski definition) is 6. The van der Waals surface area contributed by atoms with Gasteiger partial charge in [0.25, 0.3) is 5.56 Å². The van der Waals surface area contributed by atoms with Crippen molar-refractivity contribution in [1.82, 2.24) is 30.1 Å². The summed E-state index contributed by atoms with van der Waals surface area (Å²) in [4.78, 5) is 18.4. The number of furan rings is 1. The molecule has 0 fully saturated rings. The smallest absolute Gasteiger partial charge is 0.252 e. The van der Waals surface area contributed by atoms with E-state index in [1.165, 1.54) is 5.56 Å². The van der Waals surface area contributed by atoms with E-state index in [0.717, 1.165) is 40.9 Å². The van der Waals surface area contributed by atoms with Gasteiger partial charge in [-0.15, -0.1) is 5.10 Å². The lowest BCUT2D eigenvalue weighted by atomic mass is 10.0. The van der Waals surface area contributed by atoms with Crippen molar-refractivity contribution in [2.24, 2.45) is 0 Å². The average Bonchev–Trinajstić information content (AvgIpc) is 3.49. The largest absolute Gasteiger partial charge is 0.468 e. The summed E-state index contributed by atoms with van der Waals surface area (Å²) in [5, 5.41) is 13.8. The van der Waals surface area contributed by atoms with Gasteiger partial charge in [0.15, 0.2) is 5.82 Å². The zero-order valence-electron chi connectivity index (χ0n) is 20.9. The molecule has 3 aromatic heterocycles. The Morgan fingerprint density at radius 1 is 1.15 bits per heavy atom. The summed E-state index contributed by atoms with van der Waals surface area (Å²) in [5.41, 5.74) is 3.61. The van der Waals surface area contributed by atoms with E-state index in [9.17, 15) is 4.79 Å². The number of aromatic nitrogens is 5. The van der Waals surface area contributed by atoms with Crippen LogP contribution in [0.1, 0.15) is 74.9 Å². The molecule has 34 heavy (non-hydrogen) atoms. The highest BCUT2D eigenvalue weighted by atomic mass is 16.3. The number of hydrogen-bond donors (Lipinski definition) is 1. The van der Waals surface area contributed by atoms with Crippen LogP contribution in [0.5, 0.6) is 0 Å². The number of aryl methyl sites for hydroxylation is 2. The summed E-state index contributed by atoms with van der Waals surface area (Å²) in [6, 6.07) is 9.90. The number of H-pyrrole nitrogens is 1. The zero-order valence-corrected chi connectivity index (χ0v) is 20.9. The Kier molecular flexibility index (Phi) is 6.70. The summed E-state index contributed by atoms with van der Waals surface area (Å²) in [6.07, 6.45) is 3.35. The molecular formula is C26H34N6O2. The van der Waals surface area contributed by atoms with Crippen molar-refractivity contribution in [2.75, 3.05) is 0 Å². The molecular weight excluding hydrogens is 428 g/mol. The van der Waals surface area contributed by atoms with E-state index in [0.29, 0.717) is 18.7 Å². The first-order valence-electron chi connectivity index (χ1n) is 11.9. The maximum atomic E-state index is 13.1. The fourth-order valence-corrected chi connectivity index (χ4v) is 4.32. The Hall–Kier alpha value is -3.26. The summed E-state index contributed by atoms with van der Waals surface area (Å²) in [6.45, 7) is 13.6. The highest BCUT2D eigenvalue weighted by Gasteiger charge is 2.31. The molecule has 180 valence electrons. The number of nitrogens with one attached hydrogen (secondary N) is 1. The van der Waals surface area contributed by atoms with Crippen LogP contribution in [0.15, 0.2) is 45.8 Å². The molecule has 3 heterocycles. The van der Waals surface area contributed by atoms with Crippen molar-refractivity contribution >= 4 is 10.9 Å². The number of tetrazole rings is 1. The second kappa shape index (κ2) is 9.54. The minimum atomic E-state index is -0.224. The van der Waals surface area contributed by atoms with Crippen molar-refractivity contribution in [2.45, 2.75) is 79.1 Å². The van der Waals surface area contributed by atoms with Crippen LogP contribution >= 0.6 is 0 Å². The van der Waals surface area contributed by atoms with Crippen LogP contribution in [-0.4, -0.2) is 30.1 Å². The first kappa shape index (κ1) is 23.9. The van der Waals surface area contributed by atoms with Gasteiger partial charge in [-0.2, -0.15) is 0 Å². The number of benzene rings is 1. The van der Waals surface area contributed by atoms with Gasteiger partial charge in [-0.05, 0) is 97.8 Å². The molecule has 0 aliphatic carbocycles. The molecule has 0 radical (unpaired) electrons. The van der Waals surface area contributed by atoms with E-state index in [-0.39, 0.29) is 17.1 Å². The van der Waals surface area contributed by atoms with Gasteiger partial charge >= 0.3 is 0 Å². The highest BCUT2D eigenvalue weighted by molar-refractivity contribution is 5.80. The number of fused-ring (bicyclic) bond motifs is 1. The number of pyridine rings is 1. The van der Waals surface area contributed by atoms with Crippen LogP contribution in [-0.2, 0) is 18.6 Å². The number of aromatic amines is 1. The lowest BCUT2D eigenvalue weighted by molar-refractivity contribution is 0.140. The Labute approximate surface area is 200 Å². The lowest BCUT2D eigenvalue weighted by Gasteiger charge is -2.32. The van der Waals surface area contributed by atoms with Gasteiger partial charge in [0, 0.05) is 17.6 Å². The monoisotopic (exact) mass is 462 g/mol. The predicted molar refractivity (Wildman–Crippen MR) is 132 cm³/mol. The SMILES string of the molecule is CC[C@@H](c1nnnn1C(C)(C)CC)N(Cc1ccco1)Cc1cc2cc(C)c(C)cc2[nH]c1=O. The van der Waals surface area contributed by atoms with E-state index >= 15 is 0 Å². The van der Waals surface area contributed by atoms with E-state index in [1.807, 2.05) is 28.9 Å². The quantitative estimate of drug-likeness (QED) is 0.375. The molecule has 0 saturated carbocycles. The third-order valence-electron chi connectivity index (χ3n) is 6.91. The molecule has 4 rings (SSSR count). The van der Waals surface area contributed by atoms with Gasteiger partial charge in [-0.25, -0.2) is 4.68 Å². The topological polar surface area (TPSA) is 92.8 Å². The second-order valence-electron chi connectivity index (χ2n) is 9.67. The molecule has 8 heteroatoms. The van der Waals surface area contributed by atoms with Crippen molar-refractivity contribution in [1.29, 1.82) is 0 Å². The molecule has 1 aromatic carbocycles.